The molecule has 0 bridgehead atoms. The van der Waals surface area contributed by atoms with Crippen molar-refractivity contribution in [1.82, 2.24) is 20.3 Å². The molecule has 2 atom stereocenters. The first-order valence-corrected chi connectivity index (χ1v) is 11.8. The number of thioether (sulfide) groups is 1. The van der Waals surface area contributed by atoms with E-state index >= 15 is 0 Å². The number of aromatic nitrogens is 3. The first kappa shape index (κ1) is 19.8. The number of nitrogens with one attached hydrogen (secondary N) is 1. The molecule has 1 saturated carbocycles. The van der Waals surface area contributed by atoms with Gasteiger partial charge in [0.25, 0.3) is 0 Å². The van der Waals surface area contributed by atoms with E-state index in [2.05, 4.69) is 36.1 Å². The Hall–Kier alpha value is -2.10. The number of hydrogen-bond acceptors (Lipinski definition) is 6. The number of fused-ring (bicyclic) bond motifs is 2. The van der Waals surface area contributed by atoms with Gasteiger partial charge in [0.15, 0.2) is 10.8 Å². The number of benzene rings is 1. The minimum absolute atomic E-state index is 0.0279. The largest absolute Gasteiger partial charge is 0.465 e. The topological polar surface area (TPSA) is 91.2 Å². The molecule has 1 amide bonds. The quantitative estimate of drug-likeness (QED) is 0.397. The van der Waals surface area contributed by atoms with Crippen LogP contribution in [-0.4, -0.2) is 51.5 Å². The zero-order valence-electron chi connectivity index (χ0n) is 15.8. The Bertz CT molecular complexity index is 1150. The summed E-state index contributed by atoms with van der Waals surface area (Å²) < 4.78 is 0.883. The number of carboxylic acid groups (broad SMARTS) is 1. The van der Waals surface area contributed by atoms with E-state index in [0.29, 0.717) is 27.7 Å². The van der Waals surface area contributed by atoms with Gasteiger partial charge in [-0.2, -0.15) is 0 Å². The number of pyridine rings is 1. The number of rotatable bonds is 4. The fourth-order valence-corrected chi connectivity index (χ4v) is 5.58. The van der Waals surface area contributed by atoms with Crippen LogP contribution in [0, 0.1) is 11.8 Å². The highest BCUT2D eigenvalue weighted by Crippen LogP contribution is 2.49. The van der Waals surface area contributed by atoms with Crippen LogP contribution in [0.15, 0.2) is 40.1 Å². The van der Waals surface area contributed by atoms with Gasteiger partial charge >= 0.3 is 6.09 Å². The second-order valence-corrected chi connectivity index (χ2v) is 9.47. The van der Waals surface area contributed by atoms with Crippen LogP contribution < -0.4 is 10.2 Å². The van der Waals surface area contributed by atoms with Crippen LogP contribution in [0.1, 0.15) is 0 Å². The number of anilines is 1. The van der Waals surface area contributed by atoms with Gasteiger partial charge in [-0.25, -0.2) is 19.7 Å². The molecule has 2 unspecified atom stereocenters. The highest BCUT2D eigenvalue weighted by Gasteiger charge is 2.57. The van der Waals surface area contributed by atoms with Crippen molar-refractivity contribution >= 4 is 62.2 Å². The van der Waals surface area contributed by atoms with Gasteiger partial charge in [0.1, 0.15) is 5.82 Å². The minimum Gasteiger partial charge on any atom is -0.465 e. The standard InChI is InChI=1S/C20H17BrClN5O2S/c1-30-19-23-6-9-5-10(15-13(21)3-2-4-14(15)22)18(25-17(9)26-19)27-7-11-12(8-27)16(11)24-20(28)29/h2-6,11-12,16,24H,7-8H2,1H3,(H,28,29). The van der Waals surface area contributed by atoms with Crippen LogP contribution >= 0.6 is 39.3 Å². The van der Waals surface area contributed by atoms with Crippen molar-refractivity contribution in [3.8, 4) is 11.1 Å². The minimum atomic E-state index is -0.966. The number of amides is 1. The number of hydrogen-bond donors (Lipinski definition) is 2. The molecule has 2 aromatic heterocycles. The maximum Gasteiger partial charge on any atom is 0.404 e. The van der Waals surface area contributed by atoms with Crippen LogP contribution in [0.4, 0.5) is 10.6 Å². The van der Waals surface area contributed by atoms with E-state index in [1.54, 1.807) is 6.20 Å². The zero-order chi connectivity index (χ0) is 21.0. The molecular weight excluding hydrogens is 490 g/mol. The fraction of sp³-hybridized carbons (Fsp3) is 0.300. The van der Waals surface area contributed by atoms with E-state index < -0.39 is 6.09 Å². The highest BCUT2D eigenvalue weighted by atomic mass is 79.9. The highest BCUT2D eigenvalue weighted by molar-refractivity contribution is 9.10. The third-order valence-electron chi connectivity index (χ3n) is 5.72. The van der Waals surface area contributed by atoms with Gasteiger partial charge in [0.05, 0.1) is 0 Å². The molecule has 154 valence electrons. The summed E-state index contributed by atoms with van der Waals surface area (Å²) in [6.07, 6.45) is 2.75. The summed E-state index contributed by atoms with van der Waals surface area (Å²) in [5.41, 5.74) is 2.42. The van der Waals surface area contributed by atoms with Gasteiger partial charge in [-0.1, -0.05) is 45.4 Å². The number of carbonyl (C=O) groups is 1. The Kier molecular flexibility index (Phi) is 4.99. The van der Waals surface area contributed by atoms with Crippen LogP contribution in [0.2, 0.25) is 5.02 Å². The zero-order valence-corrected chi connectivity index (χ0v) is 19.0. The Morgan fingerprint density at radius 1 is 1.33 bits per heavy atom. The Morgan fingerprint density at radius 2 is 2.10 bits per heavy atom. The molecule has 1 saturated heterocycles. The maximum absolute atomic E-state index is 11.0. The van der Waals surface area contributed by atoms with Crippen LogP contribution in [0.5, 0.6) is 0 Å². The van der Waals surface area contributed by atoms with Crippen molar-refractivity contribution < 1.29 is 9.90 Å². The number of nitrogens with zero attached hydrogens (tertiary/aromatic N) is 4. The van der Waals surface area contributed by atoms with E-state index in [9.17, 15) is 4.79 Å². The summed E-state index contributed by atoms with van der Waals surface area (Å²) in [6.45, 7) is 1.48. The molecule has 1 aliphatic heterocycles. The van der Waals surface area contributed by atoms with Crippen molar-refractivity contribution in [2.45, 2.75) is 11.2 Å². The number of halogens is 2. The van der Waals surface area contributed by atoms with Crippen LogP contribution in [-0.2, 0) is 0 Å². The molecule has 1 aromatic carbocycles. The van der Waals surface area contributed by atoms with Crippen LogP contribution in [0.3, 0.4) is 0 Å². The molecule has 2 N–H and O–H groups in total. The van der Waals surface area contributed by atoms with Crippen molar-refractivity contribution in [3.05, 3.63) is 40.0 Å². The molecule has 2 fully saturated rings. The summed E-state index contributed by atoms with van der Waals surface area (Å²) in [6, 6.07) is 7.77. The summed E-state index contributed by atoms with van der Waals surface area (Å²) in [5, 5.41) is 13.8. The van der Waals surface area contributed by atoms with E-state index in [1.807, 2.05) is 30.5 Å². The molecule has 30 heavy (non-hydrogen) atoms. The van der Waals surface area contributed by atoms with Gasteiger partial charge in [-0.05, 0) is 24.5 Å². The Morgan fingerprint density at radius 3 is 2.77 bits per heavy atom. The molecule has 5 rings (SSSR count). The molecule has 1 aliphatic carbocycles. The Labute approximate surface area is 190 Å². The lowest BCUT2D eigenvalue weighted by Gasteiger charge is -2.25. The predicted molar refractivity (Wildman–Crippen MR) is 121 cm³/mol. The van der Waals surface area contributed by atoms with Gasteiger partial charge in [0, 0.05) is 63.2 Å². The maximum atomic E-state index is 11.0. The van der Waals surface area contributed by atoms with Gasteiger partial charge in [-0.3, -0.25) is 0 Å². The lowest BCUT2D eigenvalue weighted by Crippen LogP contribution is -2.34. The molecule has 7 nitrogen and oxygen atoms in total. The second kappa shape index (κ2) is 7.55. The molecule has 2 aliphatic rings. The molecule has 0 spiro atoms. The molecule has 3 aromatic rings. The monoisotopic (exact) mass is 505 g/mol. The summed E-state index contributed by atoms with van der Waals surface area (Å²) in [5.74, 6) is 1.41. The molecule has 0 radical (unpaired) electrons. The predicted octanol–water partition coefficient (Wildman–Crippen LogP) is 4.53. The van der Waals surface area contributed by atoms with E-state index in [-0.39, 0.29) is 6.04 Å². The van der Waals surface area contributed by atoms with Crippen molar-refractivity contribution in [2.24, 2.45) is 11.8 Å². The van der Waals surface area contributed by atoms with Crippen molar-refractivity contribution in [1.29, 1.82) is 0 Å². The normalized spacial score (nSPS) is 22.2. The van der Waals surface area contributed by atoms with Gasteiger partial charge in [0.2, 0.25) is 0 Å². The summed E-state index contributed by atoms with van der Waals surface area (Å²) in [7, 11) is 0. The van der Waals surface area contributed by atoms with Gasteiger partial charge < -0.3 is 15.3 Å². The van der Waals surface area contributed by atoms with E-state index in [1.165, 1.54) is 11.8 Å². The van der Waals surface area contributed by atoms with E-state index in [4.69, 9.17) is 21.7 Å². The fourth-order valence-electron chi connectivity index (χ4n) is 4.27. The summed E-state index contributed by atoms with van der Waals surface area (Å²) >= 11 is 11.7. The van der Waals surface area contributed by atoms with E-state index in [0.717, 1.165) is 39.9 Å². The second-order valence-electron chi connectivity index (χ2n) is 7.43. The smallest absolute Gasteiger partial charge is 0.404 e. The molecule has 3 heterocycles. The molecular formula is C20H17BrClN5O2S. The lowest BCUT2D eigenvalue weighted by atomic mass is 10.0. The lowest BCUT2D eigenvalue weighted by molar-refractivity contribution is 0.192. The first-order chi connectivity index (χ1) is 14.5. The van der Waals surface area contributed by atoms with Crippen molar-refractivity contribution in [2.75, 3.05) is 24.2 Å². The van der Waals surface area contributed by atoms with Crippen molar-refractivity contribution in [3.63, 3.8) is 0 Å². The third-order valence-corrected chi connectivity index (χ3v) is 7.26. The Balaban J connectivity index is 1.60. The number of piperidine rings is 1. The molecule has 10 heteroatoms. The third kappa shape index (κ3) is 3.38. The average Bonchev–Trinajstić information content (AvgIpc) is 3.15. The van der Waals surface area contributed by atoms with Gasteiger partial charge in [-0.15, -0.1) is 0 Å². The SMILES string of the molecule is CSc1ncc2cc(-c3c(Cl)cccc3Br)c(N3CC4C(C3)C4NC(=O)O)nc2n1. The van der Waals surface area contributed by atoms with Crippen LogP contribution in [0.25, 0.3) is 22.2 Å². The first-order valence-electron chi connectivity index (χ1n) is 9.37. The average molecular weight is 507 g/mol. The summed E-state index contributed by atoms with van der Waals surface area (Å²) in [4.78, 5) is 27.0.